The summed E-state index contributed by atoms with van der Waals surface area (Å²) in [5, 5.41) is 0. The minimum absolute atomic E-state index is 0. The summed E-state index contributed by atoms with van der Waals surface area (Å²) in [7, 11) is 0. The Balaban J connectivity index is 0.000000720. The van der Waals surface area contributed by atoms with Gasteiger partial charge in [0, 0.05) is 0 Å². The second kappa shape index (κ2) is 9.93. The van der Waals surface area contributed by atoms with Crippen molar-refractivity contribution in [3.8, 4) is 0 Å². The zero-order valence-electron chi connectivity index (χ0n) is 6.46. The van der Waals surface area contributed by atoms with E-state index >= 15 is 0 Å². The molecule has 2 heterocycles. The third kappa shape index (κ3) is 6.45. The third-order valence-electron chi connectivity index (χ3n) is 1.26. The van der Waals surface area contributed by atoms with Crippen LogP contribution in [0.2, 0.25) is 0 Å². The quantitative estimate of drug-likeness (QED) is 0.249. The first kappa shape index (κ1) is 17.0. The topological polar surface area (TPSA) is 0 Å². The molecule has 0 aromatic rings. The molecule has 0 aromatic carbocycles. The maximum atomic E-state index is 2.60. The van der Waals surface area contributed by atoms with Crippen LogP contribution in [0.1, 0.15) is 0 Å². The molecule has 2 aliphatic heterocycles. The Kier molecular flexibility index (Phi) is 13.0. The maximum absolute atomic E-state index is 2.60. The molecular weight excluding hydrogens is 721 g/mol. The summed E-state index contributed by atoms with van der Waals surface area (Å²) in [6.07, 6.45) is 5.13. The molecule has 0 fully saturated rings. The van der Waals surface area contributed by atoms with Gasteiger partial charge < -0.3 is 24.8 Å². The van der Waals surface area contributed by atoms with Crippen LogP contribution in [-0.4, -0.2) is 71.3 Å². The molecule has 0 aliphatic carbocycles. The van der Waals surface area contributed by atoms with E-state index < -0.39 is 0 Å². The third-order valence-corrected chi connectivity index (χ3v) is 56.5. The zero-order chi connectivity index (χ0) is 7.52. The van der Waals surface area contributed by atoms with Crippen LogP contribution in [0.25, 0.3) is 0 Å². The van der Waals surface area contributed by atoms with Gasteiger partial charge in [0.1, 0.15) is 0 Å². The number of rotatable bonds is 2. The normalized spacial score (nSPS) is 16.9. The van der Waals surface area contributed by atoms with E-state index in [-0.39, 0.29) is 83.0 Å². The van der Waals surface area contributed by atoms with Crippen molar-refractivity contribution < 1.29 is 48.0 Å². The van der Waals surface area contributed by atoms with Gasteiger partial charge in [-0.1, -0.05) is 0 Å². The van der Waals surface area contributed by atoms with E-state index in [2.05, 4.69) is 22.5 Å². The SMILES string of the molecule is [CH]1=C[C]([Zr+2][C]2=[Sb][SbH][CH]=C2)=[Sb][SbH]1.[Cl-].[Cl-]. The van der Waals surface area contributed by atoms with Crippen LogP contribution in [0, 0.1) is 0 Å². The van der Waals surface area contributed by atoms with Gasteiger partial charge in [0.15, 0.2) is 0 Å². The number of allylic oxidation sites excluding steroid dienone is 2. The van der Waals surface area contributed by atoms with Crippen LogP contribution in [0.5, 0.6) is 0 Å². The molecule has 13 heavy (non-hydrogen) atoms. The average Bonchev–Trinajstić information content (AvgIpc) is 2.60. The average molecular weight is 727 g/mol. The van der Waals surface area contributed by atoms with Crippen LogP contribution in [0.3, 0.4) is 0 Å². The van der Waals surface area contributed by atoms with Crippen LogP contribution in [0.4, 0.5) is 0 Å². The van der Waals surface area contributed by atoms with Crippen molar-refractivity contribution >= 4 is 71.3 Å². The fourth-order valence-electron chi connectivity index (χ4n) is 0.791. The minimum Gasteiger partial charge on any atom is -1.00 e. The van der Waals surface area contributed by atoms with Gasteiger partial charge >= 0.3 is 115 Å². The van der Waals surface area contributed by atoms with Gasteiger partial charge in [0.05, 0.1) is 0 Å². The Bertz CT molecular complexity index is 256. The van der Waals surface area contributed by atoms with Crippen molar-refractivity contribution in [1.29, 1.82) is 0 Å². The van der Waals surface area contributed by atoms with Gasteiger partial charge in [-0.15, -0.1) is 0 Å². The minimum atomic E-state index is -0.0308. The number of hydrogen-bond acceptors (Lipinski definition) is 0. The van der Waals surface area contributed by atoms with E-state index in [4.69, 9.17) is 0 Å². The largest absolute Gasteiger partial charge is 1.00 e. The Morgan fingerprint density at radius 3 is 1.69 bits per heavy atom. The molecule has 0 saturated heterocycles. The molecule has 0 aromatic heterocycles. The summed E-state index contributed by atoms with van der Waals surface area (Å²) in [6, 6.07) is 0. The summed E-state index contributed by atoms with van der Waals surface area (Å²) in [6.45, 7) is 0. The summed E-state index contributed by atoms with van der Waals surface area (Å²) in [5.41, 5.74) is 0. The number of halogens is 2. The van der Waals surface area contributed by atoms with Gasteiger partial charge in [-0.2, -0.15) is 0 Å². The number of hydrogen-bond donors (Lipinski definition) is 0. The Morgan fingerprint density at radius 1 is 0.923 bits per heavy atom. The van der Waals surface area contributed by atoms with Crippen molar-refractivity contribution in [3.05, 3.63) is 20.2 Å². The molecule has 0 amide bonds. The second-order valence-electron chi connectivity index (χ2n) is 2.04. The first-order valence-corrected chi connectivity index (χ1v) is 31.2. The van der Waals surface area contributed by atoms with E-state index in [0.29, 0.717) is 34.0 Å². The van der Waals surface area contributed by atoms with E-state index in [0.717, 1.165) is 0 Å². The first-order chi connectivity index (χ1) is 5.45. The molecular formula is C6H6Cl2Sb4Zr. The van der Waals surface area contributed by atoms with Gasteiger partial charge in [0.2, 0.25) is 0 Å². The maximum Gasteiger partial charge on any atom is -1.00 e. The van der Waals surface area contributed by atoms with E-state index in [9.17, 15) is 0 Å². The van der Waals surface area contributed by atoms with Gasteiger partial charge in [0.25, 0.3) is 0 Å². The van der Waals surface area contributed by atoms with Crippen LogP contribution in [-0.2, 0) is 23.2 Å². The fraction of sp³-hybridized carbons (Fsp3) is 0. The van der Waals surface area contributed by atoms with Gasteiger partial charge in [-0.25, -0.2) is 0 Å². The first-order valence-electron chi connectivity index (χ1n) is 3.22. The van der Waals surface area contributed by atoms with Crippen LogP contribution >= 0.6 is 0 Å². The van der Waals surface area contributed by atoms with Gasteiger partial charge in [-0.3, -0.25) is 0 Å². The molecule has 7 heteroatoms. The van der Waals surface area contributed by atoms with Gasteiger partial charge in [-0.05, 0) is 0 Å². The molecule has 68 valence electrons. The molecule has 0 saturated carbocycles. The van der Waals surface area contributed by atoms with Crippen LogP contribution in [0.15, 0.2) is 20.2 Å². The Labute approximate surface area is 136 Å². The van der Waals surface area contributed by atoms with E-state index in [1.54, 1.807) is 0 Å². The summed E-state index contributed by atoms with van der Waals surface area (Å²) in [4.78, 5) is 0. The molecule has 0 unspecified atom stereocenters. The smallest absolute Gasteiger partial charge is 1.00 e. The van der Waals surface area contributed by atoms with E-state index in [1.165, 1.54) is 0 Å². The van der Waals surface area contributed by atoms with Crippen molar-refractivity contribution in [2.24, 2.45) is 0 Å². The predicted octanol–water partition coefficient (Wildman–Crippen LogP) is -7.50. The Morgan fingerprint density at radius 2 is 1.38 bits per heavy atom. The molecule has 0 atom stereocenters. The molecule has 0 bridgehead atoms. The predicted molar refractivity (Wildman–Crippen MR) is 54.1 cm³/mol. The Hall–Kier alpha value is 3.96. The fourth-order valence-corrected chi connectivity index (χ4v) is 62.1. The summed E-state index contributed by atoms with van der Waals surface area (Å²) >= 11 is 1.09. The standard InChI is InChI=1S/2C3H2.2ClH.4Sb.Zr.2H/c2*1-3-2;;;;;;;;;/h2*1,3H;2*1H;;;;;;;/q;;;;;;;;+2;;/p-2. The van der Waals surface area contributed by atoms with E-state index in [1.807, 2.05) is 0 Å². The van der Waals surface area contributed by atoms with Crippen molar-refractivity contribution in [2.45, 2.75) is 0 Å². The van der Waals surface area contributed by atoms with Crippen LogP contribution < -0.4 is 24.8 Å². The molecule has 0 radical (unpaired) electrons. The molecule has 0 N–H and O–H groups in total. The molecule has 0 spiro atoms. The molecule has 2 rings (SSSR count). The second-order valence-corrected chi connectivity index (χ2v) is 37.3. The monoisotopic (exact) mass is 722 g/mol. The molecule has 2 aliphatic rings. The molecule has 0 nitrogen and oxygen atoms in total. The summed E-state index contributed by atoms with van der Waals surface area (Å²) < 4.78 is 9.37. The van der Waals surface area contributed by atoms with Crippen molar-refractivity contribution in [2.75, 3.05) is 0 Å². The van der Waals surface area contributed by atoms with Crippen molar-refractivity contribution in [3.63, 3.8) is 0 Å². The van der Waals surface area contributed by atoms with Crippen molar-refractivity contribution in [1.82, 2.24) is 0 Å². The summed E-state index contributed by atoms with van der Waals surface area (Å²) in [5.74, 6) is 0. The zero-order valence-corrected chi connectivity index (χ0v) is 21.2.